The normalized spacial score (nSPS) is 27.0. The highest BCUT2D eigenvalue weighted by Gasteiger charge is 2.64. The smallest absolute Gasteiger partial charge is 0.255 e. The van der Waals surface area contributed by atoms with E-state index in [1.807, 2.05) is 0 Å². The van der Waals surface area contributed by atoms with Crippen LogP contribution in [-0.2, 0) is 27.3 Å². The van der Waals surface area contributed by atoms with Crippen LogP contribution in [0.1, 0.15) is 50.3 Å². The van der Waals surface area contributed by atoms with Crippen molar-refractivity contribution in [3.8, 4) is 5.75 Å². The topological polar surface area (TPSA) is 173 Å². The first-order valence-electron chi connectivity index (χ1n) is 12.9. The molecule has 0 spiro atoms. The molecule has 0 aromatic heterocycles. The summed E-state index contributed by atoms with van der Waals surface area (Å²) in [6.07, 6.45) is 1.08. The third kappa shape index (κ3) is 4.63. The number of phenolic OH excluding ortho intramolecular Hbond substituents is 1. The Morgan fingerprint density at radius 2 is 1.87 bits per heavy atom. The van der Waals surface area contributed by atoms with Crippen molar-refractivity contribution in [3.05, 3.63) is 44.7 Å². The van der Waals surface area contributed by atoms with Gasteiger partial charge in [-0.2, -0.15) is 0 Å². The number of halogens is 1. The second-order valence-electron chi connectivity index (χ2n) is 12.2. The minimum atomic E-state index is -2.67. The molecule has 3 aliphatic rings. The molecule has 39 heavy (non-hydrogen) atoms. The molecule has 1 saturated carbocycles. The number of aliphatic hydroxyl groups is 3. The lowest BCUT2D eigenvalue weighted by Crippen LogP contribution is -2.65. The third-order valence-electron chi connectivity index (χ3n) is 8.10. The number of aliphatic hydroxyl groups excluding tert-OH is 2. The van der Waals surface area contributed by atoms with Crippen LogP contribution in [0.15, 0.2) is 23.0 Å². The molecular formula is C28H36ClN3O7. The fourth-order valence-corrected chi connectivity index (χ4v) is 6.45. The molecule has 0 heterocycles. The van der Waals surface area contributed by atoms with Gasteiger partial charge in [-0.1, -0.05) is 32.4 Å². The van der Waals surface area contributed by atoms with Gasteiger partial charge in [0.15, 0.2) is 11.4 Å². The number of hydrogen-bond donors (Lipinski definition) is 6. The van der Waals surface area contributed by atoms with Crippen LogP contribution in [0.2, 0.25) is 5.02 Å². The summed E-state index contributed by atoms with van der Waals surface area (Å²) in [7, 11) is 3.11. The van der Waals surface area contributed by atoms with Crippen molar-refractivity contribution >= 4 is 34.8 Å². The van der Waals surface area contributed by atoms with Crippen molar-refractivity contribution in [2.24, 2.45) is 23.0 Å². The number of benzene rings is 1. The molecule has 4 rings (SSSR count). The molecule has 3 aliphatic carbocycles. The monoisotopic (exact) mass is 561 g/mol. The number of nitrogens with one attached hydrogen (secondary N) is 1. The molecule has 0 radical (unpaired) electrons. The number of Topliss-reactive ketones (excluding diaryl/α,β-unsaturated/α-hetero) is 2. The van der Waals surface area contributed by atoms with Gasteiger partial charge in [0.2, 0.25) is 5.78 Å². The van der Waals surface area contributed by atoms with Gasteiger partial charge in [0.25, 0.3) is 5.91 Å². The minimum Gasteiger partial charge on any atom is -0.508 e. The highest BCUT2D eigenvalue weighted by atomic mass is 35.5. The summed E-state index contributed by atoms with van der Waals surface area (Å²) < 4.78 is 0. The number of hydrogen-bond acceptors (Lipinski definition) is 9. The molecule has 7 N–H and O–H groups in total. The van der Waals surface area contributed by atoms with E-state index in [-0.39, 0.29) is 35.1 Å². The first-order chi connectivity index (χ1) is 18.0. The van der Waals surface area contributed by atoms with E-state index in [2.05, 4.69) is 26.1 Å². The zero-order valence-electron chi connectivity index (χ0n) is 22.8. The number of nitrogens with zero attached hydrogens (tertiary/aromatic N) is 1. The van der Waals surface area contributed by atoms with Crippen molar-refractivity contribution in [2.75, 3.05) is 20.6 Å². The fourth-order valence-electron chi connectivity index (χ4n) is 6.16. The number of ketones is 2. The molecule has 1 amide bonds. The Balaban J connectivity index is 1.80. The van der Waals surface area contributed by atoms with Gasteiger partial charge in [0, 0.05) is 23.1 Å². The fraction of sp³-hybridized carbons (Fsp3) is 0.536. The number of fused-ring (bicyclic) bond motifs is 3. The van der Waals surface area contributed by atoms with Crippen molar-refractivity contribution in [3.63, 3.8) is 0 Å². The molecular weight excluding hydrogens is 526 g/mol. The van der Waals surface area contributed by atoms with E-state index in [0.717, 1.165) is 13.0 Å². The van der Waals surface area contributed by atoms with Gasteiger partial charge in [-0.3, -0.25) is 19.3 Å². The zero-order chi connectivity index (χ0) is 29.2. The molecule has 1 aromatic rings. The number of phenols is 1. The highest BCUT2D eigenvalue weighted by molar-refractivity contribution is 6.32. The van der Waals surface area contributed by atoms with Crippen molar-refractivity contribution in [1.29, 1.82) is 0 Å². The summed E-state index contributed by atoms with van der Waals surface area (Å²) in [4.78, 5) is 40.5. The molecule has 212 valence electrons. The van der Waals surface area contributed by atoms with Gasteiger partial charge >= 0.3 is 0 Å². The summed E-state index contributed by atoms with van der Waals surface area (Å²) in [6.45, 7) is 7.52. The van der Waals surface area contributed by atoms with Crippen molar-refractivity contribution < 1.29 is 34.8 Å². The Labute approximate surface area is 232 Å². The Kier molecular flexibility index (Phi) is 7.40. The molecule has 10 nitrogen and oxygen atoms in total. The Morgan fingerprint density at radius 3 is 2.44 bits per heavy atom. The minimum absolute atomic E-state index is 0.0108. The second kappa shape index (κ2) is 9.92. The number of likely N-dealkylation sites (N-methyl/N-ethyl adjacent to an activating group) is 1. The maximum atomic E-state index is 13.8. The third-order valence-corrected chi connectivity index (χ3v) is 8.57. The number of amides is 1. The largest absolute Gasteiger partial charge is 0.508 e. The number of nitrogens with two attached hydrogens (primary N) is 1. The number of rotatable bonds is 6. The summed E-state index contributed by atoms with van der Waals surface area (Å²) in [5, 5.41) is 48.3. The van der Waals surface area contributed by atoms with Crippen LogP contribution < -0.4 is 11.1 Å². The van der Waals surface area contributed by atoms with Crippen molar-refractivity contribution in [1.82, 2.24) is 10.2 Å². The summed E-state index contributed by atoms with van der Waals surface area (Å²) in [5.74, 6) is -6.87. The first-order valence-corrected chi connectivity index (χ1v) is 13.3. The van der Waals surface area contributed by atoms with E-state index in [9.17, 15) is 34.8 Å². The van der Waals surface area contributed by atoms with Crippen LogP contribution in [0.3, 0.4) is 0 Å². The number of aromatic hydroxyl groups is 1. The average molecular weight is 562 g/mol. The predicted octanol–water partition coefficient (Wildman–Crippen LogP) is 2.14. The summed E-state index contributed by atoms with van der Waals surface area (Å²) >= 11 is 6.76. The van der Waals surface area contributed by atoms with Gasteiger partial charge in [0.1, 0.15) is 22.8 Å². The zero-order valence-corrected chi connectivity index (χ0v) is 23.5. The number of primary amides is 1. The first kappa shape index (κ1) is 29.1. The van der Waals surface area contributed by atoms with E-state index in [1.165, 1.54) is 11.0 Å². The van der Waals surface area contributed by atoms with Crippen LogP contribution >= 0.6 is 11.6 Å². The number of carbonyl (C=O) groups is 3. The van der Waals surface area contributed by atoms with E-state index in [1.54, 1.807) is 14.1 Å². The van der Waals surface area contributed by atoms with Gasteiger partial charge in [0.05, 0.1) is 11.6 Å². The van der Waals surface area contributed by atoms with Gasteiger partial charge in [-0.05, 0) is 68.4 Å². The average Bonchev–Trinajstić information content (AvgIpc) is 2.80. The van der Waals surface area contributed by atoms with E-state index < -0.39 is 58.0 Å². The SMILES string of the molecule is CN(C)[C@@H]1C(=O)C(C(N)=O)=C(O)[C@@]2(O)C(=O)C3=C(O)c4c(O)cc(CNCCC(C)(C)C)c(Cl)c4C[C@H]3C[C@@H]12. The van der Waals surface area contributed by atoms with Crippen LogP contribution in [0.25, 0.3) is 5.76 Å². The second-order valence-corrected chi connectivity index (χ2v) is 12.5. The van der Waals surface area contributed by atoms with Gasteiger partial charge in [-0.25, -0.2) is 0 Å². The quantitative estimate of drug-likeness (QED) is 0.224. The Hall–Kier alpha value is -2.92. The lowest BCUT2D eigenvalue weighted by atomic mass is 9.57. The molecule has 11 heteroatoms. The van der Waals surface area contributed by atoms with Crippen molar-refractivity contribution in [2.45, 2.75) is 58.2 Å². The Morgan fingerprint density at radius 1 is 1.23 bits per heavy atom. The summed E-state index contributed by atoms with van der Waals surface area (Å²) in [6, 6.07) is 0.293. The molecule has 1 fully saturated rings. The van der Waals surface area contributed by atoms with Crippen LogP contribution in [-0.4, -0.2) is 75.1 Å². The molecule has 0 saturated heterocycles. The molecule has 0 aliphatic heterocycles. The van der Waals surface area contributed by atoms with Crippen LogP contribution in [0.5, 0.6) is 5.75 Å². The van der Waals surface area contributed by atoms with E-state index in [0.29, 0.717) is 22.7 Å². The standard InChI is InChI=1S/C28H36ClN3O7/c1-27(2,3)6-7-31-11-13-10-16(33)18-14(20(13)29)8-12-9-15-21(32(4)5)23(35)19(26(30)38)25(37)28(15,39)24(36)17(12)22(18)34/h10,12,15,21,31,33-34,37,39H,6-9,11H2,1-5H3,(H2,30,38)/t12-,15-,21-,28-/m0/s1. The maximum absolute atomic E-state index is 13.8. The maximum Gasteiger partial charge on any atom is 0.255 e. The van der Waals surface area contributed by atoms with Gasteiger partial charge < -0.3 is 31.5 Å². The van der Waals surface area contributed by atoms with E-state index in [4.69, 9.17) is 17.3 Å². The van der Waals surface area contributed by atoms with E-state index >= 15 is 0 Å². The lowest BCUT2D eigenvalue weighted by Gasteiger charge is -2.50. The predicted molar refractivity (Wildman–Crippen MR) is 145 cm³/mol. The molecule has 0 unspecified atom stereocenters. The summed E-state index contributed by atoms with van der Waals surface area (Å²) in [5.41, 5.74) is 2.84. The highest BCUT2D eigenvalue weighted by Crippen LogP contribution is 2.53. The number of carbonyl (C=O) groups excluding carboxylic acids is 3. The Bertz CT molecular complexity index is 1330. The van der Waals surface area contributed by atoms with Crippen LogP contribution in [0.4, 0.5) is 0 Å². The molecule has 4 atom stereocenters. The molecule has 1 aromatic carbocycles. The van der Waals surface area contributed by atoms with Gasteiger partial charge in [-0.15, -0.1) is 0 Å². The lowest BCUT2D eigenvalue weighted by molar-refractivity contribution is -0.153. The molecule has 0 bridgehead atoms. The van der Waals surface area contributed by atoms with Crippen LogP contribution in [0, 0.1) is 17.3 Å².